The Hall–Kier alpha value is -3.26. The molecule has 3 heterocycles. The Morgan fingerprint density at radius 2 is 2.09 bits per heavy atom. The van der Waals surface area contributed by atoms with Crippen molar-refractivity contribution in [1.82, 2.24) is 19.7 Å². The zero-order chi connectivity index (χ0) is 24.4. The summed E-state index contributed by atoms with van der Waals surface area (Å²) in [7, 11) is 1.68. The van der Waals surface area contributed by atoms with Crippen molar-refractivity contribution in [3.8, 4) is 5.69 Å². The molecule has 8 heteroatoms. The van der Waals surface area contributed by atoms with Crippen LogP contribution < -0.4 is 0 Å². The number of pyridine rings is 1. The first-order valence-corrected chi connectivity index (χ1v) is 11.4. The van der Waals surface area contributed by atoms with Crippen LogP contribution in [0.3, 0.4) is 0 Å². The molecule has 1 saturated carbocycles. The van der Waals surface area contributed by atoms with Crippen LogP contribution in [0.5, 0.6) is 0 Å². The summed E-state index contributed by atoms with van der Waals surface area (Å²) in [6.45, 7) is 8.24. The minimum Gasteiger partial charge on any atom is -0.481 e. The third kappa shape index (κ3) is 3.31. The van der Waals surface area contributed by atoms with Crippen molar-refractivity contribution in [2.24, 2.45) is 5.41 Å². The molecule has 0 atom stereocenters. The van der Waals surface area contributed by atoms with Gasteiger partial charge in [0, 0.05) is 34.9 Å². The standard InChI is InChI=1S/C26H29FN4O3/c1-14-8-17(6-7-18(14)27)31-19-9-15-12-28-30-23(15)29-21(19)20(22(31)25(2,3)13-34-5)16-10-26(4,11-16)24(32)33/h6-9,12,16H,10-11,13H2,1-5H3,(H,32,33)(H,28,29,30). The minimum atomic E-state index is -0.775. The number of rotatable bonds is 6. The van der Waals surface area contributed by atoms with Crippen molar-refractivity contribution in [3.63, 3.8) is 0 Å². The summed E-state index contributed by atoms with van der Waals surface area (Å²) < 4.78 is 22.0. The van der Waals surface area contributed by atoms with Crippen LogP contribution in [-0.2, 0) is 14.9 Å². The first-order chi connectivity index (χ1) is 16.1. The highest BCUT2D eigenvalue weighted by Gasteiger charge is 2.50. The number of benzene rings is 1. The highest BCUT2D eigenvalue weighted by molar-refractivity contribution is 5.94. The molecule has 1 aliphatic rings. The molecule has 178 valence electrons. The van der Waals surface area contributed by atoms with Crippen LogP contribution in [-0.4, -0.2) is 44.5 Å². The Bertz CT molecular complexity index is 1430. The first kappa shape index (κ1) is 22.5. The summed E-state index contributed by atoms with van der Waals surface area (Å²) in [6.07, 6.45) is 2.80. The number of carboxylic acids is 1. The maximum atomic E-state index is 14.2. The van der Waals surface area contributed by atoms with Crippen molar-refractivity contribution in [3.05, 3.63) is 53.1 Å². The van der Waals surface area contributed by atoms with Gasteiger partial charge in [0.25, 0.3) is 0 Å². The summed E-state index contributed by atoms with van der Waals surface area (Å²) in [6, 6.07) is 7.15. The fourth-order valence-corrected chi connectivity index (χ4v) is 5.52. The quantitative estimate of drug-likeness (QED) is 0.407. The van der Waals surface area contributed by atoms with Crippen molar-refractivity contribution >= 4 is 28.0 Å². The molecule has 1 fully saturated rings. The lowest BCUT2D eigenvalue weighted by Gasteiger charge is -2.43. The predicted molar refractivity (Wildman–Crippen MR) is 128 cm³/mol. The van der Waals surface area contributed by atoms with Gasteiger partial charge in [-0.25, -0.2) is 9.37 Å². The average Bonchev–Trinajstić information content (AvgIpc) is 3.33. The van der Waals surface area contributed by atoms with Crippen LogP contribution in [0, 0.1) is 18.2 Å². The van der Waals surface area contributed by atoms with Crippen LogP contribution in [0.4, 0.5) is 4.39 Å². The molecule has 0 amide bonds. The molecule has 1 aromatic carbocycles. The van der Waals surface area contributed by atoms with E-state index in [4.69, 9.17) is 9.72 Å². The summed E-state index contributed by atoms with van der Waals surface area (Å²) in [5.41, 5.74) is 4.64. The molecule has 0 saturated heterocycles. The molecule has 0 radical (unpaired) electrons. The fourth-order valence-electron chi connectivity index (χ4n) is 5.52. The van der Waals surface area contributed by atoms with Gasteiger partial charge < -0.3 is 14.4 Å². The molecule has 2 N–H and O–H groups in total. The van der Waals surface area contributed by atoms with E-state index in [2.05, 4.69) is 28.6 Å². The van der Waals surface area contributed by atoms with Gasteiger partial charge in [-0.05, 0) is 62.4 Å². The van der Waals surface area contributed by atoms with Crippen molar-refractivity contribution in [2.75, 3.05) is 13.7 Å². The molecular weight excluding hydrogens is 435 g/mol. The van der Waals surface area contributed by atoms with E-state index in [9.17, 15) is 14.3 Å². The number of aromatic nitrogens is 4. The molecule has 1 aliphatic carbocycles. The molecule has 5 rings (SSSR count). The molecule has 34 heavy (non-hydrogen) atoms. The fraction of sp³-hybridized carbons (Fsp3) is 0.423. The number of hydrogen-bond acceptors (Lipinski definition) is 4. The number of halogens is 1. The third-order valence-electron chi connectivity index (χ3n) is 7.25. The lowest BCUT2D eigenvalue weighted by molar-refractivity contribution is -0.154. The monoisotopic (exact) mass is 464 g/mol. The second kappa shape index (κ2) is 7.63. The maximum absolute atomic E-state index is 14.2. The lowest BCUT2D eigenvalue weighted by Crippen LogP contribution is -2.41. The number of aliphatic carboxylic acids is 1. The first-order valence-electron chi connectivity index (χ1n) is 11.4. The SMILES string of the molecule is COCC(C)(C)c1c(C2CC(C)(C(=O)O)C2)c2nc3[nH]ncc3cc2n1-c1ccc(F)c(C)c1. The maximum Gasteiger partial charge on any atom is 0.309 e. The minimum absolute atomic E-state index is 0.0328. The van der Waals surface area contributed by atoms with Gasteiger partial charge in [-0.15, -0.1) is 0 Å². The Morgan fingerprint density at radius 3 is 2.74 bits per heavy atom. The van der Waals surface area contributed by atoms with Crippen molar-refractivity contribution in [2.45, 2.75) is 51.9 Å². The van der Waals surface area contributed by atoms with Crippen LogP contribution in [0.25, 0.3) is 27.8 Å². The van der Waals surface area contributed by atoms with Gasteiger partial charge in [0.05, 0.1) is 29.3 Å². The molecule has 0 unspecified atom stereocenters. The molecule has 4 aromatic rings. The van der Waals surface area contributed by atoms with Crippen molar-refractivity contribution < 1.29 is 19.0 Å². The van der Waals surface area contributed by atoms with Crippen molar-refractivity contribution in [1.29, 1.82) is 0 Å². The van der Waals surface area contributed by atoms with Gasteiger partial charge in [-0.1, -0.05) is 13.8 Å². The molecular formula is C26H29FN4O3. The number of fused-ring (bicyclic) bond motifs is 2. The van der Waals surface area contributed by atoms with E-state index >= 15 is 0 Å². The zero-order valence-electron chi connectivity index (χ0n) is 20.1. The summed E-state index contributed by atoms with van der Waals surface area (Å²) in [5, 5.41) is 17.7. The van der Waals surface area contributed by atoms with Crippen LogP contribution in [0.1, 0.15) is 56.4 Å². The van der Waals surface area contributed by atoms with Gasteiger partial charge in [0.2, 0.25) is 0 Å². The summed E-state index contributed by atoms with van der Waals surface area (Å²) >= 11 is 0. The number of ether oxygens (including phenoxy) is 1. The van der Waals surface area contributed by atoms with Crippen LogP contribution in [0.2, 0.25) is 0 Å². The van der Waals surface area contributed by atoms with Gasteiger partial charge >= 0.3 is 5.97 Å². The molecule has 0 spiro atoms. The topological polar surface area (TPSA) is 93.0 Å². The van der Waals surface area contributed by atoms with E-state index < -0.39 is 16.8 Å². The Kier molecular flexibility index (Phi) is 5.06. The molecule has 0 aliphatic heterocycles. The third-order valence-corrected chi connectivity index (χ3v) is 7.25. The number of nitrogens with one attached hydrogen (secondary N) is 1. The lowest BCUT2D eigenvalue weighted by atomic mass is 9.60. The van der Waals surface area contributed by atoms with Gasteiger partial charge in [-0.2, -0.15) is 5.10 Å². The second-order valence-electron chi connectivity index (χ2n) is 10.5. The number of nitrogens with zero attached hydrogens (tertiary/aromatic N) is 3. The Balaban J connectivity index is 1.86. The number of aryl methyl sites for hydroxylation is 1. The van der Waals surface area contributed by atoms with Gasteiger partial charge in [-0.3, -0.25) is 9.89 Å². The van der Waals surface area contributed by atoms with E-state index in [1.807, 2.05) is 12.1 Å². The molecule has 3 aromatic heterocycles. The highest BCUT2D eigenvalue weighted by Crippen LogP contribution is 2.55. The number of aromatic amines is 1. The number of carboxylic acid groups (broad SMARTS) is 1. The van der Waals surface area contributed by atoms with Gasteiger partial charge in [0.1, 0.15) is 5.82 Å². The van der Waals surface area contributed by atoms with E-state index in [1.54, 1.807) is 33.2 Å². The smallest absolute Gasteiger partial charge is 0.309 e. The predicted octanol–water partition coefficient (Wildman–Crippen LogP) is 5.24. The summed E-state index contributed by atoms with van der Waals surface area (Å²) in [4.78, 5) is 16.8. The van der Waals surface area contributed by atoms with Gasteiger partial charge in [0.15, 0.2) is 5.65 Å². The van der Waals surface area contributed by atoms with Crippen LogP contribution >= 0.6 is 0 Å². The normalized spacial score (nSPS) is 20.7. The number of methoxy groups -OCH3 is 1. The van der Waals surface area contributed by atoms with E-state index in [0.717, 1.165) is 33.4 Å². The van der Waals surface area contributed by atoms with E-state index in [1.165, 1.54) is 6.07 Å². The van der Waals surface area contributed by atoms with E-state index in [0.29, 0.717) is 30.7 Å². The van der Waals surface area contributed by atoms with Crippen LogP contribution in [0.15, 0.2) is 30.5 Å². The molecule has 7 nitrogen and oxygen atoms in total. The summed E-state index contributed by atoms with van der Waals surface area (Å²) in [5.74, 6) is -1.00. The number of carbonyl (C=O) groups is 1. The highest BCUT2D eigenvalue weighted by atomic mass is 19.1. The Labute approximate surface area is 196 Å². The Morgan fingerprint density at radius 1 is 1.35 bits per heavy atom. The largest absolute Gasteiger partial charge is 0.481 e. The molecule has 0 bridgehead atoms. The zero-order valence-corrected chi connectivity index (χ0v) is 20.1. The average molecular weight is 465 g/mol. The number of H-pyrrole nitrogens is 1. The van der Waals surface area contributed by atoms with E-state index in [-0.39, 0.29) is 11.7 Å². The second-order valence-corrected chi connectivity index (χ2v) is 10.5. The number of hydrogen-bond donors (Lipinski definition) is 2.